The molecule has 2 nitrogen and oxygen atoms in total. The SMILES string of the molecule is CSC1=C(C)CC(C)(/C=C/C(C)=C/C=C/C(C)=C/C(=O)O)S1. The Hall–Kier alpha value is -1.13. The molecule has 120 valence electrons. The van der Waals surface area contributed by atoms with Crippen molar-refractivity contribution in [1.29, 1.82) is 0 Å². The van der Waals surface area contributed by atoms with E-state index in [1.54, 1.807) is 13.0 Å². The molecule has 0 saturated carbocycles. The van der Waals surface area contributed by atoms with Gasteiger partial charge in [0, 0.05) is 15.1 Å². The molecule has 1 rings (SSSR count). The summed E-state index contributed by atoms with van der Waals surface area (Å²) < 4.78 is 1.57. The Morgan fingerprint density at radius 1 is 1.32 bits per heavy atom. The van der Waals surface area contributed by atoms with E-state index in [4.69, 9.17) is 5.11 Å². The first-order valence-corrected chi connectivity index (χ1v) is 9.18. The smallest absolute Gasteiger partial charge is 0.328 e. The molecule has 0 spiro atoms. The van der Waals surface area contributed by atoms with Crippen LogP contribution in [0.4, 0.5) is 0 Å². The van der Waals surface area contributed by atoms with Crippen LogP contribution in [0.5, 0.6) is 0 Å². The monoisotopic (exact) mass is 336 g/mol. The molecule has 4 heteroatoms. The Morgan fingerprint density at radius 2 is 2.00 bits per heavy atom. The van der Waals surface area contributed by atoms with Crippen LogP contribution in [0.2, 0.25) is 0 Å². The lowest BCUT2D eigenvalue weighted by Crippen LogP contribution is -2.12. The normalized spacial score (nSPS) is 24.0. The van der Waals surface area contributed by atoms with Crippen molar-refractivity contribution in [1.82, 2.24) is 0 Å². The Kier molecular flexibility index (Phi) is 7.30. The number of carbonyl (C=O) groups is 1. The van der Waals surface area contributed by atoms with Crippen LogP contribution < -0.4 is 0 Å². The van der Waals surface area contributed by atoms with Crippen molar-refractivity contribution in [2.24, 2.45) is 0 Å². The molecule has 1 aliphatic heterocycles. The molecule has 0 aromatic heterocycles. The predicted octanol–water partition coefficient (Wildman–Crippen LogP) is 5.57. The third kappa shape index (κ3) is 6.32. The van der Waals surface area contributed by atoms with Gasteiger partial charge in [-0.2, -0.15) is 0 Å². The molecule has 0 bridgehead atoms. The van der Waals surface area contributed by atoms with Gasteiger partial charge in [0.25, 0.3) is 0 Å². The van der Waals surface area contributed by atoms with Crippen LogP contribution in [-0.2, 0) is 4.79 Å². The van der Waals surface area contributed by atoms with E-state index in [2.05, 4.69) is 39.2 Å². The number of hydrogen-bond donors (Lipinski definition) is 1. The van der Waals surface area contributed by atoms with Crippen molar-refractivity contribution >= 4 is 29.5 Å². The maximum atomic E-state index is 10.5. The Balaban J connectivity index is 2.65. The van der Waals surface area contributed by atoms with Crippen LogP contribution in [0.15, 0.2) is 57.4 Å². The summed E-state index contributed by atoms with van der Waals surface area (Å²) in [7, 11) is 0. The molecule has 0 aromatic rings. The fraction of sp³-hybridized carbons (Fsp3) is 0.389. The third-order valence-corrected chi connectivity index (χ3v) is 5.99. The number of rotatable bonds is 6. The van der Waals surface area contributed by atoms with Gasteiger partial charge < -0.3 is 5.11 Å². The van der Waals surface area contributed by atoms with E-state index in [1.165, 1.54) is 15.9 Å². The highest BCUT2D eigenvalue weighted by Gasteiger charge is 2.31. The van der Waals surface area contributed by atoms with Gasteiger partial charge in [-0.05, 0) is 45.9 Å². The topological polar surface area (TPSA) is 37.3 Å². The molecule has 22 heavy (non-hydrogen) atoms. The maximum absolute atomic E-state index is 10.5. The summed E-state index contributed by atoms with van der Waals surface area (Å²) in [6.07, 6.45) is 14.5. The van der Waals surface area contributed by atoms with Gasteiger partial charge in [-0.25, -0.2) is 4.79 Å². The highest BCUT2D eigenvalue weighted by atomic mass is 32.2. The minimum Gasteiger partial charge on any atom is -0.478 e. The van der Waals surface area contributed by atoms with Gasteiger partial charge in [-0.3, -0.25) is 0 Å². The number of carboxylic acid groups (broad SMARTS) is 1. The van der Waals surface area contributed by atoms with Crippen LogP contribution in [0.3, 0.4) is 0 Å². The number of carboxylic acids is 1. The molecular formula is C18H24O2S2. The second kappa shape index (κ2) is 8.49. The number of hydrogen-bond acceptors (Lipinski definition) is 3. The van der Waals surface area contributed by atoms with Crippen LogP contribution in [0.25, 0.3) is 0 Å². The predicted molar refractivity (Wildman–Crippen MR) is 100 cm³/mol. The van der Waals surface area contributed by atoms with Gasteiger partial charge in [0.2, 0.25) is 0 Å². The third-order valence-electron chi connectivity index (χ3n) is 3.24. The lowest BCUT2D eigenvalue weighted by molar-refractivity contribution is -0.131. The van der Waals surface area contributed by atoms with Gasteiger partial charge >= 0.3 is 5.97 Å². The van der Waals surface area contributed by atoms with Crippen molar-refractivity contribution < 1.29 is 9.90 Å². The van der Waals surface area contributed by atoms with Crippen molar-refractivity contribution in [3.05, 3.63) is 57.4 Å². The van der Waals surface area contributed by atoms with Crippen molar-refractivity contribution in [3.8, 4) is 0 Å². The molecule has 0 aromatic carbocycles. The summed E-state index contributed by atoms with van der Waals surface area (Å²) in [4.78, 5) is 10.5. The summed E-state index contributed by atoms with van der Waals surface area (Å²) >= 11 is 3.76. The molecular weight excluding hydrogens is 312 g/mol. The lowest BCUT2D eigenvalue weighted by atomic mass is 10.0. The van der Waals surface area contributed by atoms with Gasteiger partial charge in [0.1, 0.15) is 0 Å². The van der Waals surface area contributed by atoms with Crippen LogP contribution >= 0.6 is 23.5 Å². The van der Waals surface area contributed by atoms with Crippen LogP contribution in [0.1, 0.15) is 34.1 Å². The summed E-state index contributed by atoms with van der Waals surface area (Å²) in [5.74, 6) is -0.915. The number of thioether (sulfide) groups is 2. The van der Waals surface area contributed by atoms with Crippen molar-refractivity contribution in [3.63, 3.8) is 0 Å². The number of allylic oxidation sites excluding steroid dienone is 7. The molecule has 0 radical (unpaired) electrons. The van der Waals surface area contributed by atoms with Crippen molar-refractivity contribution in [2.75, 3.05) is 6.26 Å². The average molecular weight is 337 g/mol. The Bertz CT molecular complexity index is 580. The molecule has 1 atom stereocenters. The molecule has 1 aliphatic rings. The minimum absolute atomic E-state index is 0.139. The lowest BCUT2D eigenvalue weighted by Gasteiger charge is -2.18. The molecule has 1 heterocycles. The van der Waals surface area contributed by atoms with Gasteiger partial charge in [0.05, 0.1) is 0 Å². The minimum atomic E-state index is -0.915. The molecule has 0 fully saturated rings. The first-order valence-electron chi connectivity index (χ1n) is 7.14. The van der Waals surface area contributed by atoms with Crippen molar-refractivity contribution in [2.45, 2.75) is 38.9 Å². The van der Waals surface area contributed by atoms with E-state index in [1.807, 2.05) is 35.7 Å². The number of aliphatic carboxylic acids is 1. The molecule has 1 unspecified atom stereocenters. The second-order valence-corrected chi connectivity index (χ2v) is 8.31. The van der Waals surface area contributed by atoms with E-state index in [-0.39, 0.29) is 4.75 Å². The summed E-state index contributed by atoms with van der Waals surface area (Å²) in [5.41, 5.74) is 3.35. The van der Waals surface area contributed by atoms with Gasteiger partial charge in [0.15, 0.2) is 0 Å². The molecule has 0 saturated heterocycles. The van der Waals surface area contributed by atoms with E-state index in [0.29, 0.717) is 0 Å². The van der Waals surface area contributed by atoms with Gasteiger partial charge in [-0.1, -0.05) is 41.5 Å². The standard InChI is InChI=1S/C18H24O2S2/c1-13(7-6-8-14(2)11-16(19)20)9-10-18(4)12-15(3)17(21-5)22-18/h6-11H,12H2,1-5H3,(H,19,20)/b8-6+,10-9+,13-7+,14-11+. The first kappa shape index (κ1) is 18.9. The zero-order chi connectivity index (χ0) is 16.8. The van der Waals surface area contributed by atoms with Crippen LogP contribution in [-0.4, -0.2) is 22.1 Å². The molecule has 0 aliphatic carbocycles. The highest BCUT2D eigenvalue weighted by molar-refractivity contribution is 8.22. The van der Waals surface area contributed by atoms with E-state index in [9.17, 15) is 4.79 Å². The maximum Gasteiger partial charge on any atom is 0.328 e. The average Bonchev–Trinajstić information content (AvgIpc) is 2.71. The Morgan fingerprint density at radius 3 is 2.55 bits per heavy atom. The van der Waals surface area contributed by atoms with E-state index in [0.717, 1.165) is 17.6 Å². The second-order valence-electron chi connectivity index (χ2n) is 5.69. The first-order chi connectivity index (χ1) is 10.3. The summed E-state index contributed by atoms with van der Waals surface area (Å²) in [6.45, 7) is 8.30. The summed E-state index contributed by atoms with van der Waals surface area (Å²) in [5, 5.41) is 8.64. The highest BCUT2D eigenvalue weighted by Crippen LogP contribution is 2.50. The van der Waals surface area contributed by atoms with E-state index >= 15 is 0 Å². The Labute approximate surface area is 142 Å². The van der Waals surface area contributed by atoms with Gasteiger partial charge in [-0.15, -0.1) is 23.5 Å². The quantitative estimate of drug-likeness (QED) is 0.508. The fourth-order valence-corrected chi connectivity index (χ4v) is 4.62. The molecule has 0 amide bonds. The van der Waals surface area contributed by atoms with Crippen LogP contribution in [0, 0.1) is 0 Å². The summed E-state index contributed by atoms with van der Waals surface area (Å²) in [6, 6.07) is 0. The van der Waals surface area contributed by atoms with E-state index < -0.39 is 5.97 Å². The zero-order valence-corrected chi connectivity index (χ0v) is 15.5. The largest absolute Gasteiger partial charge is 0.478 e. The fourth-order valence-electron chi connectivity index (χ4n) is 2.20. The zero-order valence-electron chi connectivity index (χ0n) is 13.8. The molecule has 1 N–H and O–H groups in total.